The molecule has 0 radical (unpaired) electrons. The van der Waals surface area contributed by atoms with Gasteiger partial charge in [-0.1, -0.05) is 6.92 Å². The Morgan fingerprint density at radius 1 is 1.50 bits per heavy atom. The number of carbonyl (C=O) groups is 1. The van der Waals surface area contributed by atoms with Gasteiger partial charge in [-0.25, -0.2) is 0 Å². The van der Waals surface area contributed by atoms with E-state index in [2.05, 4.69) is 6.92 Å². The molecule has 1 saturated carbocycles. The highest BCUT2D eigenvalue weighted by atomic mass is 16.5. The highest BCUT2D eigenvalue weighted by molar-refractivity contribution is 5.69. The largest absolute Gasteiger partial charge is 0.466 e. The lowest BCUT2D eigenvalue weighted by molar-refractivity contribution is -0.143. The lowest BCUT2D eigenvalue weighted by Gasteiger charge is -2.32. The lowest BCUT2D eigenvalue weighted by Crippen LogP contribution is -2.21. The van der Waals surface area contributed by atoms with Crippen LogP contribution in [-0.4, -0.2) is 12.6 Å². The third-order valence-electron chi connectivity index (χ3n) is 2.53. The van der Waals surface area contributed by atoms with Gasteiger partial charge in [0.1, 0.15) is 0 Å². The van der Waals surface area contributed by atoms with Crippen molar-refractivity contribution in [2.24, 2.45) is 11.8 Å². The van der Waals surface area contributed by atoms with Gasteiger partial charge in [0, 0.05) is 6.42 Å². The summed E-state index contributed by atoms with van der Waals surface area (Å²) in [6.07, 6.45) is 4.26. The zero-order chi connectivity index (χ0) is 8.97. The van der Waals surface area contributed by atoms with E-state index in [1.54, 1.807) is 0 Å². The Kier molecular flexibility index (Phi) is 3.57. The molecule has 70 valence electrons. The van der Waals surface area contributed by atoms with E-state index in [1.807, 2.05) is 6.92 Å². The fraction of sp³-hybridized carbons (Fsp3) is 0.900. The number of ether oxygens (including phenoxy) is 1. The average Bonchev–Trinajstić information content (AvgIpc) is 1.96. The summed E-state index contributed by atoms with van der Waals surface area (Å²) in [7, 11) is 0. The van der Waals surface area contributed by atoms with Crippen molar-refractivity contribution >= 4 is 5.97 Å². The number of hydrogen-bond donors (Lipinski definition) is 0. The molecular formula is C10H18O2. The third kappa shape index (κ3) is 2.84. The quantitative estimate of drug-likeness (QED) is 0.605. The normalized spacial score (nSPS) is 27.8. The second kappa shape index (κ2) is 4.48. The molecule has 0 saturated heterocycles. The van der Waals surface area contributed by atoms with Crippen LogP contribution in [0.3, 0.4) is 0 Å². The van der Waals surface area contributed by atoms with Crippen molar-refractivity contribution in [3.05, 3.63) is 0 Å². The fourth-order valence-electron chi connectivity index (χ4n) is 1.86. The predicted octanol–water partition coefficient (Wildman–Crippen LogP) is 2.38. The Hall–Kier alpha value is -0.530. The SMILES string of the molecule is CCOC(=O)CC[C@H]1C[C@@H](C)C1. The molecule has 0 aromatic heterocycles. The zero-order valence-corrected chi connectivity index (χ0v) is 8.01. The maximum atomic E-state index is 10.9. The Balaban J connectivity index is 1.98. The van der Waals surface area contributed by atoms with Gasteiger partial charge in [0.2, 0.25) is 0 Å². The molecular weight excluding hydrogens is 152 g/mol. The van der Waals surface area contributed by atoms with Crippen molar-refractivity contribution < 1.29 is 9.53 Å². The summed E-state index contributed by atoms with van der Waals surface area (Å²) in [6, 6.07) is 0. The number of carbonyl (C=O) groups excluding carboxylic acids is 1. The molecule has 2 heteroatoms. The standard InChI is InChI=1S/C10H18O2/c1-3-12-10(11)5-4-9-6-8(2)7-9/h8-9H,3-7H2,1-2H3/t8-,9+. The van der Waals surface area contributed by atoms with Gasteiger partial charge >= 0.3 is 5.97 Å². The van der Waals surface area contributed by atoms with Crippen molar-refractivity contribution in [2.45, 2.75) is 39.5 Å². The minimum absolute atomic E-state index is 0.0305. The number of hydrogen-bond acceptors (Lipinski definition) is 2. The van der Waals surface area contributed by atoms with Gasteiger partial charge in [-0.2, -0.15) is 0 Å². The minimum atomic E-state index is -0.0305. The van der Waals surface area contributed by atoms with Crippen LogP contribution in [0.4, 0.5) is 0 Å². The molecule has 12 heavy (non-hydrogen) atoms. The number of rotatable bonds is 4. The highest BCUT2D eigenvalue weighted by Crippen LogP contribution is 2.36. The van der Waals surface area contributed by atoms with E-state index < -0.39 is 0 Å². The summed E-state index contributed by atoms with van der Waals surface area (Å²) in [5.74, 6) is 1.65. The van der Waals surface area contributed by atoms with Crippen LogP contribution in [0.5, 0.6) is 0 Å². The smallest absolute Gasteiger partial charge is 0.305 e. The number of esters is 1. The summed E-state index contributed by atoms with van der Waals surface area (Å²) in [4.78, 5) is 10.9. The molecule has 1 aliphatic rings. The van der Waals surface area contributed by atoms with Gasteiger partial charge in [0.15, 0.2) is 0 Å². The van der Waals surface area contributed by atoms with E-state index in [0.717, 1.165) is 18.3 Å². The maximum Gasteiger partial charge on any atom is 0.305 e. The van der Waals surface area contributed by atoms with Crippen molar-refractivity contribution in [2.75, 3.05) is 6.61 Å². The van der Waals surface area contributed by atoms with Crippen LogP contribution in [-0.2, 0) is 9.53 Å². The summed E-state index contributed by atoms with van der Waals surface area (Å²) in [5, 5.41) is 0. The van der Waals surface area contributed by atoms with Gasteiger partial charge in [0.25, 0.3) is 0 Å². The molecule has 1 rings (SSSR count). The molecule has 0 bridgehead atoms. The van der Waals surface area contributed by atoms with E-state index in [9.17, 15) is 4.79 Å². The van der Waals surface area contributed by atoms with Crippen LogP contribution in [0.25, 0.3) is 0 Å². The maximum absolute atomic E-state index is 10.9. The van der Waals surface area contributed by atoms with Crippen LogP contribution >= 0.6 is 0 Å². The predicted molar refractivity (Wildman–Crippen MR) is 47.8 cm³/mol. The van der Waals surface area contributed by atoms with Gasteiger partial charge < -0.3 is 4.74 Å². The third-order valence-corrected chi connectivity index (χ3v) is 2.53. The molecule has 0 spiro atoms. The Bertz CT molecular complexity index is 148. The van der Waals surface area contributed by atoms with Crippen LogP contribution in [0.2, 0.25) is 0 Å². The topological polar surface area (TPSA) is 26.3 Å². The molecule has 0 atom stereocenters. The first-order chi connectivity index (χ1) is 5.72. The van der Waals surface area contributed by atoms with Crippen LogP contribution in [0.15, 0.2) is 0 Å². The van der Waals surface area contributed by atoms with Gasteiger partial charge in [-0.3, -0.25) is 4.79 Å². The van der Waals surface area contributed by atoms with E-state index >= 15 is 0 Å². The summed E-state index contributed by atoms with van der Waals surface area (Å²) < 4.78 is 4.85. The van der Waals surface area contributed by atoms with Crippen molar-refractivity contribution in [3.63, 3.8) is 0 Å². The molecule has 1 aliphatic carbocycles. The van der Waals surface area contributed by atoms with Crippen molar-refractivity contribution in [1.82, 2.24) is 0 Å². The lowest BCUT2D eigenvalue weighted by atomic mass is 9.74. The first kappa shape index (κ1) is 9.56. The molecule has 0 heterocycles. The summed E-state index contributed by atoms with van der Waals surface area (Å²) in [6.45, 7) is 4.63. The van der Waals surface area contributed by atoms with E-state index in [1.165, 1.54) is 12.8 Å². The van der Waals surface area contributed by atoms with Crippen LogP contribution in [0, 0.1) is 11.8 Å². The molecule has 0 N–H and O–H groups in total. The molecule has 0 aliphatic heterocycles. The monoisotopic (exact) mass is 170 g/mol. The van der Waals surface area contributed by atoms with E-state index in [4.69, 9.17) is 4.74 Å². The molecule has 1 fully saturated rings. The van der Waals surface area contributed by atoms with E-state index in [-0.39, 0.29) is 5.97 Å². The zero-order valence-electron chi connectivity index (χ0n) is 8.01. The first-order valence-corrected chi connectivity index (χ1v) is 4.88. The second-order valence-corrected chi connectivity index (χ2v) is 3.79. The fourth-order valence-corrected chi connectivity index (χ4v) is 1.86. The molecule has 2 nitrogen and oxygen atoms in total. The Labute approximate surface area is 74.3 Å². The van der Waals surface area contributed by atoms with Gasteiger partial charge in [-0.15, -0.1) is 0 Å². The summed E-state index contributed by atoms with van der Waals surface area (Å²) in [5.41, 5.74) is 0. The summed E-state index contributed by atoms with van der Waals surface area (Å²) >= 11 is 0. The van der Waals surface area contributed by atoms with Crippen LogP contribution in [0.1, 0.15) is 39.5 Å². The average molecular weight is 170 g/mol. The van der Waals surface area contributed by atoms with Crippen molar-refractivity contribution in [1.29, 1.82) is 0 Å². The second-order valence-electron chi connectivity index (χ2n) is 3.79. The van der Waals surface area contributed by atoms with Crippen LogP contribution < -0.4 is 0 Å². The first-order valence-electron chi connectivity index (χ1n) is 4.88. The molecule has 0 aromatic rings. The van der Waals surface area contributed by atoms with E-state index in [0.29, 0.717) is 13.0 Å². The van der Waals surface area contributed by atoms with Gasteiger partial charge in [0.05, 0.1) is 6.61 Å². The molecule has 0 amide bonds. The Morgan fingerprint density at radius 3 is 2.67 bits per heavy atom. The van der Waals surface area contributed by atoms with Crippen molar-refractivity contribution in [3.8, 4) is 0 Å². The molecule has 0 aromatic carbocycles. The molecule has 0 unspecified atom stereocenters. The van der Waals surface area contributed by atoms with Gasteiger partial charge in [-0.05, 0) is 38.0 Å². The Morgan fingerprint density at radius 2 is 2.17 bits per heavy atom. The minimum Gasteiger partial charge on any atom is -0.466 e. The highest BCUT2D eigenvalue weighted by Gasteiger charge is 2.25.